The monoisotopic (exact) mass is 241 g/mol. The van der Waals surface area contributed by atoms with Crippen molar-refractivity contribution in [3.63, 3.8) is 0 Å². The summed E-state index contributed by atoms with van der Waals surface area (Å²) in [6, 6.07) is 4.11. The molecule has 1 atom stereocenters. The summed E-state index contributed by atoms with van der Waals surface area (Å²) in [4.78, 5) is 12.8. The molecule has 94 valence electrons. The number of hydrogen-bond acceptors (Lipinski definition) is 3. The number of hydrogen-bond donors (Lipinski definition) is 1. The molecule has 0 aliphatic rings. The fraction of sp³-hybridized carbons (Fsp3) is 0.417. The van der Waals surface area contributed by atoms with Crippen LogP contribution in [0, 0.1) is 5.82 Å². The predicted molar refractivity (Wildman–Crippen MR) is 61.1 cm³/mol. The molecule has 5 heteroatoms. The van der Waals surface area contributed by atoms with E-state index in [9.17, 15) is 9.18 Å². The van der Waals surface area contributed by atoms with Crippen LogP contribution in [0.15, 0.2) is 18.2 Å². The van der Waals surface area contributed by atoms with Crippen molar-refractivity contribution in [3.8, 4) is 5.75 Å². The van der Waals surface area contributed by atoms with Crippen molar-refractivity contribution in [1.82, 2.24) is 4.90 Å². The number of benzene rings is 1. The van der Waals surface area contributed by atoms with Crippen molar-refractivity contribution in [2.45, 2.75) is 19.6 Å². The second-order valence-electron chi connectivity index (χ2n) is 3.83. The van der Waals surface area contributed by atoms with Gasteiger partial charge in [0.05, 0.1) is 7.11 Å². The number of aliphatic hydroxyl groups is 1. The van der Waals surface area contributed by atoms with Crippen LogP contribution in [-0.4, -0.2) is 36.2 Å². The molecule has 0 aliphatic carbocycles. The van der Waals surface area contributed by atoms with Crippen LogP contribution >= 0.6 is 0 Å². The van der Waals surface area contributed by atoms with E-state index in [1.54, 1.807) is 7.05 Å². The first kappa shape index (κ1) is 13.4. The third kappa shape index (κ3) is 3.42. The van der Waals surface area contributed by atoms with Crippen LogP contribution < -0.4 is 4.74 Å². The number of amides is 1. The standard InChI is InChI=1S/C12H16FNO3/c1-8(15)12(16)14(2)7-9-6-10(13)4-5-11(9)17-3/h4-6,8,15H,7H2,1-3H3. The summed E-state index contributed by atoms with van der Waals surface area (Å²) in [6.07, 6.45) is -1.07. The molecule has 0 radical (unpaired) electrons. The molecule has 1 aromatic rings. The molecule has 1 N–H and O–H groups in total. The first-order chi connectivity index (χ1) is 7.95. The average Bonchev–Trinajstić information content (AvgIpc) is 2.28. The first-order valence-corrected chi connectivity index (χ1v) is 5.21. The van der Waals surface area contributed by atoms with E-state index in [1.807, 2.05) is 0 Å². The highest BCUT2D eigenvalue weighted by Crippen LogP contribution is 2.20. The maximum absolute atomic E-state index is 13.1. The number of carbonyl (C=O) groups is 1. The van der Waals surface area contributed by atoms with E-state index in [-0.39, 0.29) is 6.54 Å². The zero-order valence-corrected chi connectivity index (χ0v) is 10.1. The minimum absolute atomic E-state index is 0.185. The highest BCUT2D eigenvalue weighted by molar-refractivity contribution is 5.79. The molecule has 0 saturated heterocycles. The van der Waals surface area contributed by atoms with E-state index in [4.69, 9.17) is 9.84 Å². The maximum atomic E-state index is 13.1. The molecule has 0 spiro atoms. The number of nitrogens with zero attached hydrogens (tertiary/aromatic N) is 1. The molecule has 4 nitrogen and oxygen atoms in total. The van der Waals surface area contributed by atoms with Gasteiger partial charge in [-0.3, -0.25) is 4.79 Å². The topological polar surface area (TPSA) is 49.8 Å². The van der Waals surface area contributed by atoms with Gasteiger partial charge in [-0.05, 0) is 25.1 Å². The van der Waals surface area contributed by atoms with Crippen molar-refractivity contribution in [1.29, 1.82) is 0 Å². The van der Waals surface area contributed by atoms with Crippen molar-refractivity contribution in [2.24, 2.45) is 0 Å². The van der Waals surface area contributed by atoms with Gasteiger partial charge in [-0.2, -0.15) is 0 Å². The largest absolute Gasteiger partial charge is 0.496 e. The van der Waals surface area contributed by atoms with Crippen molar-refractivity contribution >= 4 is 5.91 Å². The average molecular weight is 241 g/mol. The molecule has 1 rings (SSSR count). The fourth-order valence-corrected chi connectivity index (χ4v) is 1.52. The van der Waals surface area contributed by atoms with Crippen molar-refractivity contribution in [3.05, 3.63) is 29.6 Å². The lowest BCUT2D eigenvalue weighted by atomic mass is 10.1. The molecule has 0 aromatic heterocycles. The third-order valence-corrected chi connectivity index (χ3v) is 2.38. The molecule has 17 heavy (non-hydrogen) atoms. The van der Waals surface area contributed by atoms with Crippen LogP contribution in [0.5, 0.6) is 5.75 Å². The van der Waals surface area contributed by atoms with Gasteiger partial charge in [-0.25, -0.2) is 4.39 Å². The molecule has 0 heterocycles. The van der Waals surface area contributed by atoms with Crippen LogP contribution in [0.4, 0.5) is 4.39 Å². The minimum Gasteiger partial charge on any atom is -0.496 e. The van der Waals surface area contributed by atoms with E-state index < -0.39 is 17.8 Å². The molecule has 1 aromatic carbocycles. The number of rotatable bonds is 4. The SMILES string of the molecule is COc1ccc(F)cc1CN(C)C(=O)C(C)O. The Morgan fingerprint density at radius 1 is 1.59 bits per heavy atom. The number of aliphatic hydroxyl groups excluding tert-OH is 1. The summed E-state index contributed by atoms with van der Waals surface area (Å²) in [7, 11) is 3.02. The normalized spacial score (nSPS) is 12.1. The molecular formula is C12H16FNO3. The Hall–Kier alpha value is -1.62. The molecule has 0 fully saturated rings. The predicted octanol–water partition coefficient (Wildman–Crippen LogP) is 1.17. The number of ether oxygens (including phenoxy) is 1. The second kappa shape index (κ2) is 5.63. The van der Waals surface area contributed by atoms with Gasteiger partial charge in [0.25, 0.3) is 5.91 Å². The minimum atomic E-state index is -1.07. The Labute approximate surface area is 99.6 Å². The van der Waals surface area contributed by atoms with E-state index >= 15 is 0 Å². The lowest BCUT2D eigenvalue weighted by molar-refractivity contribution is -0.138. The Balaban J connectivity index is 2.87. The van der Waals surface area contributed by atoms with E-state index in [0.717, 1.165) is 0 Å². The summed E-state index contributed by atoms with van der Waals surface area (Å²) < 4.78 is 18.2. The van der Waals surface area contributed by atoms with Gasteiger partial charge in [0.1, 0.15) is 17.7 Å². The lowest BCUT2D eigenvalue weighted by Gasteiger charge is -2.20. The summed E-state index contributed by atoms with van der Waals surface area (Å²) >= 11 is 0. The maximum Gasteiger partial charge on any atom is 0.251 e. The summed E-state index contributed by atoms with van der Waals surface area (Å²) in [6.45, 7) is 1.58. The summed E-state index contributed by atoms with van der Waals surface area (Å²) in [5.74, 6) is -0.299. The van der Waals surface area contributed by atoms with Gasteiger partial charge in [0.15, 0.2) is 0 Å². The highest BCUT2D eigenvalue weighted by Gasteiger charge is 2.16. The van der Waals surface area contributed by atoms with Gasteiger partial charge < -0.3 is 14.7 Å². The molecule has 0 bridgehead atoms. The van der Waals surface area contributed by atoms with E-state index in [2.05, 4.69) is 0 Å². The van der Waals surface area contributed by atoms with E-state index in [1.165, 1.54) is 37.1 Å². The molecule has 0 saturated carbocycles. The Bertz CT molecular complexity index is 407. The van der Waals surface area contributed by atoms with Gasteiger partial charge in [-0.1, -0.05) is 0 Å². The van der Waals surface area contributed by atoms with Crippen molar-refractivity contribution in [2.75, 3.05) is 14.2 Å². The fourth-order valence-electron chi connectivity index (χ4n) is 1.52. The molecule has 1 unspecified atom stereocenters. The number of methoxy groups -OCH3 is 1. The Morgan fingerprint density at radius 2 is 2.24 bits per heavy atom. The van der Waals surface area contributed by atoms with Gasteiger partial charge >= 0.3 is 0 Å². The molecule has 0 aliphatic heterocycles. The smallest absolute Gasteiger partial charge is 0.251 e. The molecular weight excluding hydrogens is 225 g/mol. The van der Waals surface area contributed by atoms with Gasteiger partial charge in [0.2, 0.25) is 0 Å². The number of carbonyl (C=O) groups excluding carboxylic acids is 1. The van der Waals surface area contributed by atoms with Crippen LogP contribution in [0.2, 0.25) is 0 Å². The summed E-state index contributed by atoms with van der Waals surface area (Å²) in [5.41, 5.74) is 0.559. The van der Waals surface area contributed by atoms with Crippen LogP contribution in [0.1, 0.15) is 12.5 Å². The van der Waals surface area contributed by atoms with Crippen molar-refractivity contribution < 1.29 is 19.0 Å². The quantitative estimate of drug-likeness (QED) is 0.861. The van der Waals surface area contributed by atoms with Gasteiger partial charge in [0, 0.05) is 19.2 Å². The van der Waals surface area contributed by atoms with E-state index in [0.29, 0.717) is 11.3 Å². The Morgan fingerprint density at radius 3 is 2.76 bits per heavy atom. The number of halogens is 1. The highest BCUT2D eigenvalue weighted by atomic mass is 19.1. The van der Waals surface area contributed by atoms with Crippen LogP contribution in [0.25, 0.3) is 0 Å². The Kier molecular flexibility index (Phi) is 4.45. The molecule has 1 amide bonds. The second-order valence-corrected chi connectivity index (χ2v) is 3.83. The zero-order valence-electron chi connectivity index (χ0n) is 10.1. The van der Waals surface area contributed by atoms with Crippen LogP contribution in [0.3, 0.4) is 0 Å². The zero-order chi connectivity index (χ0) is 13.0. The lowest BCUT2D eigenvalue weighted by Crippen LogP contribution is -2.34. The van der Waals surface area contributed by atoms with Crippen LogP contribution in [-0.2, 0) is 11.3 Å². The first-order valence-electron chi connectivity index (χ1n) is 5.21. The number of likely N-dealkylation sites (N-methyl/N-ethyl adjacent to an activating group) is 1. The third-order valence-electron chi connectivity index (χ3n) is 2.38. The summed E-state index contributed by atoms with van der Waals surface area (Å²) in [5, 5.41) is 9.15. The van der Waals surface area contributed by atoms with Gasteiger partial charge in [-0.15, -0.1) is 0 Å².